The monoisotopic (exact) mass is 659 g/mol. The van der Waals surface area contributed by atoms with E-state index >= 15 is 4.79 Å². The van der Waals surface area contributed by atoms with Crippen molar-refractivity contribution in [2.75, 3.05) is 0 Å². The van der Waals surface area contributed by atoms with Crippen molar-refractivity contribution in [3.05, 3.63) is 23.3 Å². The normalized spacial score (nSPS) is 49.3. The van der Waals surface area contributed by atoms with E-state index in [1.54, 1.807) is 0 Å². The quantitative estimate of drug-likeness (QED) is 0.224. The molecule has 268 valence electrons. The van der Waals surface area contributed by atoms with Crippen LogP contribution in [0.4, 0.5) is 0 Å². The molecule has 7 aliphatic rings. The van der Waals surface area contributed by atoms with E-state index < -0.39 is 5.41 Å². The van der Waals surface area contributed by atoms with E-state index in [0.717, 1.165) is 70.6 Å². The Morgan fingerprint density at radius 1 is 0.771 bits per heavy atom. The van der Waals surface area contributed by atoms with Crippen LogP contribution in [0.2, 0.25) is 0 Å². The van der Waals surface area contributed by atoms with Gasteiger partial charge in [0.1, 0.15) is 11.4 Å². The first kappa shape index (κ1) is 35.0. The third kappa shape index (κ3) is 4.76. The Labute approximate surface area is 294 Å². The number of carbonyl (C=O) groups is 2. The van der Waals surface area contributed by atoms with Crippen LogP contribution >= 0.6 is 0 Å². The van der Waals surface area contributed by atoms with E-state index in [1.165, 1.54) is 30.4 Å². The summed E-state index contributed by atoms with van der Waals surface area (Å²) in [4.78, 5) is 28.4. The van der Waals surface area contributed by atoms with Crippen molar-refractivity contribution in [1.82, 2.24) is 0 Å². The smallest absolute Gasteiger partial charge is 0.316 e. The molecule has 0 N–H and O–H groups in total. The Bertz CT molecular complexity index is 1410. The maximum atomic E-state index is 15.2. The minimum Gasteiger partial charge on any atom is -0.458 e. The molecule has 0 aromatic heterocycles. The number of ether oxygens (including phenoxy) is 1. The second-order valence-electron chi connectivity index (χ2n) is 21.3. The molecule has 0 heterocycles. The van der Waals surface area contributed by atoms with Crippen molar-refractivity contribution in [3.8, 4) is 0 Å². The lowest BCUT2D eigenvalue weighted by molar-refractivity contribution is -0.217. The number of Topliss-reactive ketones (excluding diaryl/α,β-unsaturated/α-hetero) is 1. The molecular weight excluding hydrogens is 588 g/mol. The highest BCUT2D eigenvalue weighted by molar-refractivity contribution is 5.85. The molecule has 3 nitrogen and oxygen atoms in total. The molecule has 0 aromatic carbocycles. The fourth-order valence-electron chi connectivity index (χ4n) is 14.8. The molecule has 7 aliphatic carbocycles. The predicted octanol–water partition coefficient (Wildman–Crippen LogP) is 11.7. The zero-order valence-electron chi connectivity index (χ0n) is 32.8. The summed E-state index contributed by atoms with van der Waals surface area (Å²) in [5.74, 6) is 4.41. The molecule has 0 spiro atoms. The van der Waals surface area contributed by atoms with Gasteiger partial charge in [-0.15, -0.1) is 0 Å². The zero-order valence-corrected chi connectivity index (χ0v) is 32.8. The maximum absolute atomic E-state index is 15.2. The zero-order chi connectivity index (χ0) is 34.9. The topological polar surface area (TPSA) is 43.4 Å². The molecule has 3 heteroatoms. The van der Waals surface area contributed by atoms with Gasteiger partial charge in [-0.1, -0.05) is 85.6 Å². The molecule has 0 aromatic rings. The van der Waals surface area contributed by atoms with E-state index in [-0.39, 0.29) is 38.6 Å². The molecule has 11 atom stereocenters. The van der Waals surface area contributed by atoms with Crippen LogP contribution in [0.25, 0.3) is 0 Å². The van der Waals surface area contributed by atoms with Crippen LogP contribution in [-0.4, -0.2) is 17.4 Å². The Hall–Kier alpha value is -1.38. The average Bonchev–Trinajstić information content (AvgIpc) is 2.99. The van der Waals surface area contributed by atoms with Gasteiger partial charge in [-0.05, 0) is 154 Å². The van der Waals surface area contributed by atoms with Gasteiger partial charge < -0.3 is 4.74 Å². The molecule has 0 bridgehead atoms. The first-order valence-corrected chi connectivity index (χ1v) is 20.4. The van der Waals surface area contributed by atoms with Crippen molar-refractivity contribution in [1.29, 1.82) is 0 Å². The van der Waals surface area contributed by atoms with E-state index in [2.05, 4.69) is 88.3 Å². The van der Waals surface area contributed by atoms with Gasteiger partial charge >= 0.3 is 5.97 Å². The first-order valence-electron chi connectivity index (χ1n) is 20.4. The summed E-state index contributed by atoms with van der Waals surface area (Å²) in [7, 11) is 0. The number of hydrogen-bond donors (Lipinski definition) is 0. The van der Waals surface area contributed by atoms with Crippen molar-refractivity contribution in [2.24, 2.45) is 73.9 Å². The first-order chi connectivity index (χ1) is 22.2. The number of rotatable bonds is 3. The summed E-state index contributed by atoms with van der Waals surface area (Å²) < 4.78 is 7.10. The van der Waals surface area contributed by atoms with Crippen molar-refractivity contribution in [2.45, 2.75) is 172 Å². The summed E-state index contributed by atoms with van der Waals surface area (Å²) in [5, 5.41) is 0. The fourth-order valence-corrected chi connectivity index (χ4v) is 14.8. The van der Waals surface area contributed by atoms with E-state index in [4.69, 9.17) is 4.74 Å². The SMILES string of the molecule is CC1=C[C@@H]2[C@@H](CC1)[C@](C)(OC(=O)[C@@]13CCC(C)(C)C=C1[C@H]1CC[C@@H]4[C@@]5(C)CCC(=O)C(C)(C)[C@@H]5CC[C@@]4(C)[C@]1(C)CC3)CC[C@H]2C(C)C. The van der Waals surface area contributed by atoms with Gasteiger partial charge in [-0.2, -0.15) is 0 Å². The van der Waals surface area contributed by atoms with Crippen LogP contribution in [-0.2, 0) is 14.3 Å². The largest absolute Gasteiger partial charge is 0.458 e. The minimum atomic E-state index is -0.475. The second-order valence-corrected chi connectivity index (χ2v) is 21.3. The van der Waals surface area contributed by atoms with Gasteiger partial charge in [0.2, 0.25) is 0 Å². The lowest BCUT2D eigenvalue weighted by Crippen LogP contribution is -2.66. The summed E-state index contributed by atoms with van der Waals surface area (Å²) in [6.07, 6.45) is 20.2. The van der Waals surface area contributed by atoms with Gasteiger partial charge in [-0.25, -0.2) is 0 Å². The highest BCUT2D eigenvalue weighted by Crippen LogP contribution is 2.76. The number of allylic oxidation sites excluding steroid dienone is 3. The van der Waals surface area contributed by atoms with Crippen LogP contribution in [0.3, 0.4) is 0 Å². The number of ketones is 1. The van der Waals surface area contributed by atoms with Crippen LogP contribution in [0.1, 0.15) is 166 Å². The van der Waals surface area contributed by atoms with Gasteiger partial charge in [0, 0.05) is 17.8 Å². The van der Waals surface area contributed by atoms with Crippen molar-refractivity contribution >= 4 is 11.8 Å². The maximum Gasteiger partial charge on any atom is 0.316 e. The number of hydrogen-bond acceptors (Lipinski definition) is 3. The van der Waals surface area contributed by atoms with Gasteiger partial charge in [0.15, 0.2) is 0 Å². The van der Waals surface area contributed by atoms with Crippen LogP contribution in [0.5, 0.6) is 0 Å². The van der Waals surface area contributed by atoms with E-state index in [9.17, 15) is 4.79 Å². The molecule has 0 radical (unpaired) electrons. The third-order valence-electron chi connectivity index (χ3n) is 18.0. The molecule has 0 saturated heterocycles. The summed E-state index contributed by atoms with van der Waals surface area (Å²) >= 11 is 0. The Balaban J connectivity index is 1.22. The second kappa shape index (κ2) is 11.1. The fraction of sp³-hybridized carbons (Fsp3) is 0.867. The highest BCUT2D eigenvalue weighted by atomic mass is 16.6. The lowest BCUT2D eigenvalue weighted by Gasteiger charge is -2.71. The van der Waals surface area contributed by atoms with Gasteiger partial charge in [-0.3, -0.25) is 9.59 Å². The molecule has 48 heavy (non-hydrogen) atoms. The lowest BCUT2D eigenvalue weighted by atomic mass is 9.32. The van der Waals surface area contributed by atoms with Gasteiger partial charge in [0.25, 0.3) is 0 Å². The molecule has 5 saturated carbocycles. The Kier molecular flexibility index (Phi) is 8.07. The highest BCUT2D eigenvalue weighted by Gasteiger charge is 2.70. The standard InChI is InChI=1S/C45H70O3/c1-28(2)30-16-21-44(11,32-13-12-29(3)26-31(30)32)48-38(47)45-24-22-39(4,5)27-34(45)33-14-15-36-41(8)19-18-37(46)40(6,7)35(41)17-20-43(36,10)42(33,9)23-25-45/h26-28,30-33,35-36H,12-25H2,1-11H3/t30-,31-,32+,33+,35-,36+,41-,42+,43+,44+,45+/m0/s1. The summed E-state index contributed by atoms with van der Waals surface area (Å²) in [6.45, 7) is 26.6. The van der Waals surface area contributed by atoms with Crippen LogP contribution in [0, 0.1) is 73.9 Å². The number of carbonyl (C=O) groups excluding carboxylic acids is 2. The van der Waals surface area contributed by atoms with Crippen LogP contribution in [0.15, 0.2) is 23.3 Å². The minimum absolute atomic E-state index is 0.0997. The summed E-state index contributed by atoms with van der Waals surface area (Å²) in [5.41, 5.74) is 2.57. The third-order valence-corrected chi connectivity index (χ3v) is 18.0. The van der Waals surface area contributed by atoms with Crippen LogP contribution < -0.4 is 0 Å². The van der Waals surface area contributed by atoms with E-state index in [0.29, 0.717) is 47.2 Å². The molecule has 0 amide bonds. The summed E-state index contributed by atoms with van der Waals surface area (Å²) in [6, 6.07) is 0. The molecule has 0 unspecified atom stereocenters. The van der Waals surface area contributed by atoms with Gasteiger partial charge in [0.05, 0.1) is 5.41 Å². The van der Waals surface area contributed by atoms with Crippen molar-refractivity contribution in [3.63, 3.8) is 0 Å². The Morgan fingerprint density at radius 3 is 2.19 bits per heavy atom. The van der Waals surface area contributed by atoms with Crippen molar-refractivity contribution < 1.29 is 14.3 Å². The number of esters is 1. The number of fused-ring (bicyclic) bond motifs is 8. The average molecular weight is 659 g/mol. The molecular formula is C45H70O3. The molecule has 7 rings (SSSR count). The molecule has 0 aliphatic heterocycles. The predicted molar refractivity (Wildman–Crippen MR) is 196 cm³/mol. The Morgan fingerprint density at radius 2 is 1.48 bits per heavy atom. The van der Waals surface area contributed by atoms with E-state index in [1.807, 2.05) is 0 Å². The molecule has 5 fully saturated rings.